The molecule has 4 nitrogen and oxygen atoms in total. The molecule has 1 aliphatic heterocycles. The van der Waals surface area contributed by atoms with Crippen LogP contribution < -0.4 is 10.6 Å². The smallest absolute Gasteiger partial charge is 0.243 e. The zero-order valence-corrected chi connectivity index (χ0v) is 13.1. The van der Waals surface area contributed by atoms with Crippen LogP contribution >= 0.6 is 0 Å². The third-order valence-electron chi connectivity index (χ3n) is 4.19. The van der Waals surface area contributed by atoms with E-state index in [1.165, 1.54) is 5.56 Å². The average Bonchev–Trinajstić information content (AvgIpc) is 3.02. The van der Waals surface area contributed by atoms with Crippen LogP contribution in [0.5, 0.6) is 0 Å². The van der Waals surface area contributed by atoms with Crippen LogP contribution in [0.25, 0.3) is 11.1 Å². The first-order valence-corrected chi connectivity index (χ1v) is 7.88. The summed E-state index contributed by atoms with van der Waals surface area (Å²) < 4.78 is 0. The molecule has 1 heterocycles. The zero-order valence-electron chi connectivity index (χ0n) is 13.1. The van der Waals surface area contributed by atoms with Crippen molar-refractivity contribution in [3.05, 3.63) is 60.2 Å². The minimum absolute atomic E-state index is 0.0509. The summed E-state index contributed by atoms with van der Waals surface area (Å²) in [6, 6.07) is 17.9. The topological polar surface area (TPSA) is 58.2 Å². The lowest BCUT2D eigenvalue weighted by molar-refractivity contribution is -0.126. The van der Waals surface area contributed by atoms with Gasteiger partial charge in [0.05, 0.1) is 6.04 Å². The van der Waals surface area contributed by atoms with Gasteiger partial charge in [-0.1, -0.05) is 54.6 Å². The maximum atomic E-state index is 12.1. The second kappa shape index (κ2) is 6.65. The van der Waals surface area contributed by atoms with Crippen LogP contribution in [-0.4, -0.2) is 17.9 Å². The highest BCUT2D eigenvalue weighted by atomic mass is 16.2. The van der Waals surface area contributed by atoms with E-state index in [1.54, 1.807) is 0 Å². The maximum Gasteiger partial charge on any atom is 0.243 e. The monoisotopic (exact) mass is 308 g/mol. The summed E-state index contributed by atoms with van der Waals surface area (Å²) >= 11 is 0. The van der Waals surface area contributed by atoms with Crippen LogP contribution in [0.4, 0.5) is 0 Å². The van der Waals surface area contributed by atoms with Gasteiger partial charge in [-0.3, -0.25) is 9.59 Å². The molecule has 2 N–H and O–H groups in total. The fourth-order valence-corrected chi connectivity index (χ4v) is 2.80. The van der Waals surface area contributed by atoms with Crippen LogP contribution in [-0.2, 0) is 9.59 Å². The molecule has 0 aromatic heterocycles. The Morgan fingerprint density at radius 1 is 1.09 bits per heavy atom. The first kappa shape index (κ1) is 15.3. The van der Waals surface area contributed by atoms with E-state index in [1.807, 2.05) is 37.3 Å². The molecule has 0 saturated carbocycles. The molecule has 4 heteroatoms. The number of benzene rings is 2. The van der Waals surface area contributed by atoms with Crippen molar-refractivity contribution >= 4 is 11.8 Å². The molecule has 2 aromatic rings. The molecule has 0 bridgehead atoms. The number of carbonyl (C=O) groups excluding carboxylic acids is 2. The molecule has 2 amide bonds. The van der Waals surface area contributed by atoms with Gasteiger partial charge in [-0.2, -0.15) is 0 Å². The minimum atomic E-state index is -0.395. The van der Waals surface area contributed by atoms with E-state index < -0.39 is 6.04 Å². The van der Waals surface area contributed by atoms with Gasteiger partial charge in [-0.25, -0.2) is 0 Å². The van der Waals surface area contributed by atoms with Crippen LogP contribution in [0.2, 0.25) is 0 Å². The van der Waals surface area contributed by atoms with Gasteiger partial charge < -0.3 is 10.6 Å². The summed E-state index contributed by atoms with van der Waals surface area (Å²) in [5.74, 6) is -0.166. The van der Waals surface area contributed by atoms with Crippen molar-refractivity contribution < 1.29 is 9.59 Å². The number of hydrogen-bond donors (Lipinski definition) is 2. The Hall–Kier alpha value is -2.62. The SMILES string of the molecule is CC(NC(=O)C1CCC(=O)N1)c1ccc(-c2ccccc2)cc1. The van der Waals surface area contributed by atoms with Gasteiger partial charge in [0.1, 0.15) is 6.04 Å². The molecular weight excluding hydrogens is 288 g/mol. The predicted octanol–water partition coefficient (Wildman–Crippen LogP) is 2.81. The lowest BCUT2D eigenvalue weighted by Gasteiger charge is -2.18. The Bertz CT molecular complexity index is 695. The van der Waals surface area contributed by atoms with Gasteiger partial charge >= 0.3 is 0 Å². The van der Waals surface area contributed by atoms with Gasteiger partial charge in [0, 0.05) is 6.42 Å². The maximum absolute atomic E-state index is 12.1. The third kappa shape index (κ3) is 3.59. The quantitative estimate of drug-likeness (QED) is 0.912. The second-order valence-electron chi connectivity index (χ2n) is 5.88. The van der Waals surface area contributed by atoms with Crippen molar-refractivity contribution in [2.24, 2.45) is 0 Å². The van der Waals surface area contributed by atoms with Crippen molar-refractivity contribution in [1.82, 2.24) is 10.6 Å². The van der Waals surface area contributed by atoms with E-state index in [9.17, 15) is 9.59 Å². The van der Waals surface area contributed by atoms with Gasteiger partial charge in [0.2, 0.25) is 11.8 Å². The van der Waals surface area contributed by atoms with Crippen LogP contribution in [0.1, 0.15) is 31.4 Å². The molecule has 23 heavy (non-hydrogen) atoms. The number of amides is 2. The van der Waals surface area contributed by atoms with Crippen molar-refractivity contribution in [2.45, 2.75) is 31.8 Å². The summed E-state index contributed by atoms with van der Waals surface area (Å²) in [6.45, 7) is 1.95. The van der Waals surface area contributed by atoms with Crippen LogP contribution in [0.15, 0.2) is 54.6 Å². The molecule has 0 radical (unpaired) electrons. The van der Waals surface area contributed by atoms with E-state index in [4.69, 9.17) is 0 Å². The molecule has 1 fully saturated rings. The second-order valence-corrected chi connectivity index (χ2v) is 5.88. The summed E-state index contributed by atoms with van der Waals surface area (Å²) in [5.41, 5.74) is 3.36. The molecule has 0 aliphatic carbocycles. The summed E-state index contributed by atoms with van der Waals surface area (Å²) in [5, 5.41) is 5.65. The summed E-state index contributed by atoms with van der Waals surface area (Å²) in [4.78, 5) is 23.3. The number of nitrogens with one attached hydrogen (secondary N) is 2. The normalized spacial score (nSPS) is 18.3. The molecule has 2 aromatic carbocycles. The van der Waals surface area contributed by atoms with Gasteiger partial charge in [-0.15, -0.1) is 0 Å². The molecule has 0 spiro atoms. The van der Waals surface area contributed by atoms with Crippen LogP contribution in [0.3, 0.4) is 0 Å². The fraction of sp³-hybridized carbons (Fsp3) is 0.263. The van der Waals surface area contributed by atoms with E-state index in [0.717, 1.165) is 11.1 Å². The Kier molecular flexibility index (Phi) is 4.42. The third-order valence-corrected chi connectivity index (χ3v) is 4.19. The molecule has 3 rings (SSSR count). The summed E-state index contributed by atoms with van der Waals surface area (Å²) in [7, 11) is 0. The van der Waals surface area contributed by atoms with Crippen molar-refractivity contribution in [3.63, 3.8) is 0 Å². The van der Waals surface area contributed by atoms with Crippen LogP contribution in [0, 0.1) is 0 Å². The molecule has 118 valence electrons. The van der Waals surface area contributed by atoms with E-state index in [-0.39, 0.29) is 17.9 Å². The number of rotatable bonds is 4. The van der Waals surface area contributed by atoms with E-state index >= 15 is 0 Å². The van der Waals surface area contributed by atoms with Crippen molar-refractivity contribution in [3.8, 4) is 11.1 Å². The first-order valence-electron chi connectivity index (χ1n) is 7.88. The lowest BCUT2D eigenvalue weighted by atomic mass is 10.0. The largest absolute Gasteiger partial charge is 0.348 e. The van der Waals surface area contributed by atoms with Crippen molar-refractivity contribution in [2.75, 3.05) is 0 Å². The van der Waals surface area contributed by atoms with E-state index in [0.29, 0.717) is 12.8 Å². The molecule has 1 aliphatic rings. The highest BCUT2D eigenvalue weighted by Crippen LogP contribution is 2.22. The fourth-order valence-electron chi connectivity index (χ4n) is 2.80. The molecule has 2 unspecified atom stereocenters. The molecule has 2 atom stereocenters. The Labute approximate surface area is 135 Å². The summed E-state index contributed by atoms with van der Waals surface area (Å²) in [6.07, 6.45) is 1.00. The highest BCUT2D eigenvalue weighted by Gasteiger charge is 2.27. The number of hydrogen-bond acceptors (Lipinski definition) is 2. The average molecular weight is 308 g/mol. The molecule has 1 saturated heterocycles. The minimum Gasteiger partial charge on any atom is -0.348 e. The standard InChI is InChI=1S/C19H20N2O2/c1-13(20-19(23)17-11-12-18(22)21-17)14-7-9-16(10-8-14)15-5-3-2-4-6-15/h2-10,13,17H,11-12H2,1H3,(H,20,23)(H,21,22). The Balaban J connectivity index is 1.65. The Morgan fingerprint density at radius 3 is 2.35 bits per heavy atom. The van der Waals surface area contributed by atoms with Gasteiger partial charge in [0.15, 0.2) is 0 Å². The van der Waals surface area contributed by atoms with Gasteiger partial charge in [0.25, 0.3) is 0 Å². The first-order chi connectivity index (χ1) is 11.1. The predicted molar refractivity (Wildman–Crippen MR) is 89.6 cm³/mol. The molecular formula is C19H20N2O2. The highest BCUT2D eigenvalue weighted by molar-refractivity contribution is 5.90. The van der Waals surface area contributed by atoms with E-state index in [2.05, 4.69) is 34.9 Å². The van der Waals surface area contributed by atoms with Crippen molar-refractivity contribution in [1.29, 1.82) is 0 Å². The zero-order chi connectivity index (χ0) is 16.2. The van der Waals surface area contributed by atoms with Gasteiger partial charge in [-0.05, 0) is 30.0 Å². The number of carbonyl (C=O) groups is 2. The lowest BCUT2D eigenvalue weighted by Crippen LogP contribution is -2.42. The Morgan fingerprint density at radius 2 is 1.74 bits per heavy atom.